The van der Waals surface area contributed by atoms with Crippen molar-refractivity contribution in [3.8, 4) is 0 Å². The summed E-state index contributed by atoms with van der Waals surface area (Å²) >= 11 is 0. The van der Waals surface area contributed by atoms with Gasteiger partial charge in [-0.15, -0.1) is 0 Å². The molecule has 0 amide bonds. The number of hydrogen-bond donors (Lipinski definition) is 1. The molecule has 96 valence electrons. The Kier molecular flexibility index (Phi) is 6.23. The molecule has 0 fully saturated rings. The van der Waals surface area contributed by atoms with Crippen LogP contribution in [0.3, 0.4) is 0 Å². The lowest BCUT2D eigenvalue weighted by molar-refractivity contribution is 0.269. The summed E-state index contributed by atoms with van der Waals surface area (Å²) in [5, 5.41) is 0. The molecule has 0 aliphatic rings. The van der Waals surface area contributed by atoms with E-state index in [1.165, 1.54) is 17.5 Å². The maximum Gasteiger partial charge on any atom is 0.0230 e. The Bertz CT molecular complexity index is 305. The fourth-order valence-corrected chi connectivity index (χ4v) is 2.16. The van der Waals surface area contributed by atoms with Crippen molar-refractivity contribution in [2.24, 2.45) is 11.7 Å². The maximum atomic E-state index is 5.53. The number of hydrogen-bond acceptors (Lipinski definition) is 2. The number of benzene rings is 1. The lowest BCUT2D eigenvalue weighted by Gasteiger charge is -2.21. The van der Waals surface area contributed by atoms with Gasteiger partial charge in [-0.05, 0) is 44.8 Å². The van der Waals surface area contributed by atoms with Gasteiger partial charge in [0.05, 0.1) is 0 Å². The van der Waals surface area contributed by atoms with E-state index in [9.17, 15) is 0 Å². The SMILES string of the molecule is Cc1ccc(CN(C)CC(C)CCCN)cc1. The second-order valence-corrected chi connectivity index (χ2v) is 5.22. The molecule has 1 aromatic carbocycles. The number of nitrogens with zero attached hydrogens (tertiary/aromatic N) is 1. The minimum atomic E-state index is 0.731. The van der Waals surface area contributed by atoms with Crippen molar-refractivity contribution in [3.05, 3.63) is 35.4 Å². The molecule has 0 saturated carbocycles. The zero-order chi connectivity index (χ0) is 12.7. The van der Waals surface area contributed by atoms with Crippen LogP contribution < -0.4 is 5.73 Å². The molecule has 17 heavy (non-hydrogen) atoms. The van der Waals surface area contributed by atoms with Crippen molar-refractivity contribution in [1.82, 2.24) is 4.90 Å². The Morgan fingerprint density at radius 2 is 1.88 bits per heavy atom. The molecule has 1 aromatic rings. The highest BCUT2D eigenvalue weighted by atomic mass is 15.1. The standard InChI is InChI=1S/C15H26N2/c1-13-6-8-15(9-7-13)12-17(3)11-14(2)5-4-10-16/h6-9,14H,4-5,10-12,16H2,1-3H3. The van der Waals surface area contributed by atoms with Crippen LogP contribution in [0.5, 0.6) is 0 Å². The van der Waals surface area contributed by atoms with Gasteiger partial charge >= 0.3 is 0 Å². The Hall–Kier alpha value is -0.860. The highest BCUT2D eigenvalue weighted by Gasteiger charge is 2.06. The molecule has 0 spiro atoms. The molecule has 2 heteroatoms. The van der Waals surface area contributed by atoms with Crippen LogP contribution >= 0.6 is 0 Å². The molecular formula is C15H26N2. The largest absolute Gasteiger partial charge is 0.330 e. The predicted octanol–water partition coefficient (Wildman–Crippen LogP) is 2.80. The molecule has 0 aliphatic carbocycles. The molecule has 0 aliphatic heterocycles. The molecule has 1 unspecified atom stereocenters. The molecule has 1 rings (SSSR count). The van der Waals surface area contributed by atoms with E-state index in [0.717, 1.165) is 32.0 Å². The quantitative estimate of drug-likeness (QED) is 0.786. The van der Waals surface area contributed by atoms with Gasteiger partial charge in [-0.1, -0.05) is 36.8 Å². The highest BCUT2D eigenvalue weighted by Crippen LogP contribution is 2.10. The van der Waals surface area contributed by atoms with E-state index in [1.54, 1.807) is 0 Å². The van der Waals surface area contributed by atoms with E-state index >= 15 is 0 Å². The van der Waals surface area contributed by atoms with E-state index < -0.39 is 0 Å². The zero-order valence-electron chi connectivity index (χ0n) is 11.4. The second kappa shape index (κ2) is 7.46. The van der Waals surface area contributed by atoms with Gasteiger partial charge in [-0.2, -0.15) is 0 Å². The Morgan fingerprint density at radius 3 is 2.47 bits per heavy atom. The zero-order valence-corrected chi connectivity index (χ0v) is 11.4. The molecule has 0 heterocycles. The van der Waals surface area contributed by atoms with Crippen LogP contribution in [0.2, 0.25) is 0 Å². The Morgan fingerprint density at radius 1 is 1.24 bits per heavy atom. The molecule has 1 atom stereocenters. The van der Waals surface area contributed by atoms with Crippen LogP contribution in [0.25, 0.3) is 0 Å². The first-order valence-corrected chi connectivity index (χ1v) is 6.56. The van der Waals surface area contributed by atoms with Crippen LogP contribution in [0, 0.1) is 12.8 Å². The summed E-state index contributed by atoms with van der Waals surface area (Å²) < 4.78 is 0. The summed E-state index contributed by atoms with van der Waals surface area (Å²) in [6, 6.07) is 8.80. The average Bonchev–Trinajstić information content (AvgIpc) is 2.29. The first-order valence-electron chi connectivity index (χ1n) is 6.56. The molecule has 0 saturated heterocycles. The Labute approximate surface area is 106 Å². The molecule has 0 bridgehead atoms. The predicted molar refractivity (Wildman–Crippen MR) is 75.0 cm³/mol. The third-order valence-corrected chi connectivity index (χ3v) is 3.10. The maximum absolute atomic E-state index is 5.53. The van der Waals surface area contributed by atoms with Crippen LogP contribution in [0.1, 0.15) is 30.9 Å². The van der Waals surface area contributed by atoms with Gasteiger partial charge in [0.2, 0.25) is 0 Å². The lowest BCUT2D eigenvalue weighted by atomic mass is 10.0. The molecule has 0 radical (unpaired) electrons. The second-order valence-electron chi connectivity index (χ2n) is 5.22. The summed E-state index contributed by atoms with van der Waals surface area (Å²) in [6.07, 6.45) is 2.37. The van der Waals surface area contributed by atoms with Gasteiger partial charge in [-0.3, -0.25) is 0 Å². The van der Waals surface area contributed by atoms with Crippen molar-refractivity contribution in [3.63, 3.8) is 0 Å². The van der Waals surface area contributed by atoms with Crippen molar-refractivity contribution in [2.45, 2.75) is 33.2 Å². The van der Waals surface area contributed by atoms with Crippen LogP contribution in [-0.2, 0) is 6.54 Å². The smallest absolute Gasteiger partial charge is 0.0230 e. The molecule has 2 N–H and O–H groups in total. The molecular weight excluding hydrogens is 208 g/mol. The molecule has 0 aromatic heterocycles. The summed E-state index contributed by atoms with van der Waals surface area (Å²) in [4.78, 5) is 2.39. The number of nitrogens with two attached hydrogens (primary N) is 1. The van der Waals surface area contributed by atoms with Gasteiger partial charge in [0.15, 0.2) is 0 Å². The number of aryl methyl sites for hydroxylation is 1. The van der Waals surface area contributed by atoms with E-state index in [-0.39, 0.29) is 0 Å². The normalized spacial score (nSPS) is 13.0. The highest BCUT2D eigenvalue weighted by molar-refractivity contribution is 5.21. The lowest BCUT2D eigenvalue weighted by Crippen LogP contribution is -2.24. The van der Waals surface area contributed by atoms with E-state index in [2.05, 4.69) is 50.1 Å². The third kappa shape index (κ3) is 5.85. The monoisotopic (exact) mass is 234 g/mol. The fraction of sp³-hybridized carbons (Fsp3) is 0.600. The van der Waals surface area contributed by atoms with E-state index in [1.807, 2.05) is 0 Å². The van der Waals surface area contributed by atoms with Gasteiger partial charge in [0.1, 0.15) is 0 Å². The molecule has 2 nitrogen and oxygen atoms in total. The first kappa shape index (κ1) is 14.2. The average molecular weight is 234 g/mol. The Balaban J connectivity index is 2.33. The summed E-state index contributed by atoms with van der Waals surface area (Å²) in [5.74, 6) is 0.731. The minimum absolute atomic E-state index is 0.731. The third-order valence-electron chi connectivity index (χ3n) is 3.10. The van der Waals surface area contributed by atoms with Gasteiger partial charge in [-0.25, -0.2) is 0 Å². The minimum Gasteiger partial charge on any atom is -0.330 e. The van der Waals surface area contributed by atoms with E-state index in [4.69, 9.17) is 5.73 Å². The van der Waals surface area contributed by atoms with Gasteiger partial charge in [0.25, 0.3) is 0 Å². The topological polar surface area (TPSA) is 29.3 Å². The van der Waals surface area contributed by atoms with Crippen molar-refractivity contribution in [1.29, 1.82) is 0 Å². The van der Waals surface area contributed by atoms with Crippen LogP contribution in [-0.4, -0.2) is 25.0 Å². The van der Waals surface area contributed by atoms with Gasteiger partial charge < -0.3 is 10.6 Å². The van der Waals surface area contributed by atoms with Gasteiger partial charge in [0, 0.05) is 13.1 Å². The first-order chi connectivity index (χ1) is 8.11. The number of rotatable bonds is 7. The van der Waals surface area contributed by atoms with Crippen molar-refractivity contribution in [2.75, 3.05) is 20.1 Å². The van der Waals surface area contributed by atoms with E-state index in [0.29, 0.717) is 0 Å². The van der Waals surface area contributed by atoms with Crippen molar-refractivity contribution >= 4 is 0 Å². The van der Waals surface area contributed by atoms with Crippen LogP contribution in [0.4, 0.5) is 0 Å². The summed E-state index contributed by atoms with van der Waals surface area (Å²) in [5.41, 5.74) is 8.25. The summed E-state index contributed by atoms with van der Waals surface area (Å²) in [7, 11) is 2.19. The van der Waals surface area contributed by atoms with Crippen molar-refractivity contribution < 1.29 is 0 Å². The summed E-state index contributed by atoms with van der Waals surface area (Å²) in [6.45, 7) is 7.43. The van der Waals surface area contributed by atoms with Crippen LogP contribution in [0.15, 0.2) is 24.3 Å². The fourth-order valence-electron chi connectivity index (χ4n) is 2.16.